The lowest BCUT2D eigenvalue weighted by Gasteiger charge is -2.37. The van der Waals surface area contributed by atoms with Gasteiger partial charge >= 0.3 is 0 Å². The zero-order valence-corrected chi connectivity index (χ0v) is 59.9. The van der Waals surface area contributed by atoms with E-state index in [1.54, 1.807) is 0 Å². The van der Waals surface area contributed by atoms with Gasteiger partial charge in [-0.3, -0.25) is 0 Å². The summed E-state index contributed by atoms with van der Waals surface area (Å²) >= 11 is 0. The number of likely N-dealkylation sites (tertiary alicyclic amines) is 4. The molecule has 5 saturated heterocycles. The number of hydrogen-bond donors (Lipinski definition) is 0. The third kappa shape index (κ3) is 53.2. The van der Waals surface area contributed by atoms with E-state index in [2.05, 4.69) is 199 Å². The van der Waals surface area contributed by atoms with E-state index >= 15 is 0 Å². The first-order chi connectivity index (χ1) is 37.7. The maximum Gasteiger partial charge on any atom is 0.0110 e. The van der Waals surface area contributed by atoms with Gasteiger partial charge < -0.3 is 39.2 Å². The monoisotopic (exact) mass is 1130 g/mol. The van der Waals surface area contributed by atoms with Gasteiger partial charge in [-0.15, -0.1) is 0 Å². The van der Waals surface area contributed by atoms with Gasteiger partial charge in [-0.05, 0) is 267 Å². The van der Waals surface area contributed by atoms with Crippen molar-refractivity contribution in [1.82, 2.24) is 39.2 Å². The molecule has 484 valence electrons. The number of piperidine rings is 2. The molecule has 0 radical (unpaired) electrons. The van der Waals surface area contributed by atoms with Gasteiger partial charge in [0.05, 0.1) is 0 Å². The molecule has 0 spiro atoms. The molecule has 5 rings (SSSR count). The summed E-state index contributed by atoms with van der Waals surface area (Å²) in [7, 11) is 2.20. The highest BCUT2D eigenvalue weighted by Crippen LogP contribution is 2.30. The topological polar surface area (TPSA) is 25.9 Å². The summed E-state index contributed by atoms with van der Waals surface area (Å²) in [6, 6.07) is 0. The van der Waals surface area contributed by atoms with E-state index in [9.17, 15) is 0 Å². The molecule has 0 saturated carbocycles. The van der Waals surface area contributed by atoms with Gasteiger partial charge in [0, 0.05) is 45.8 Å². The number of hydrogen-bond acceptors (Lipinski definition) is 8. The lowest BCUT2D eigenvalue weighted by molar-refractivity contribution is 0.107. The lowest BCUT2D eigenvalue weighted by Crippen LogP contribution is -2.46. The molecule has 5 aliphatic rings. The standard InChI is InChI=1S/C12H26N2.C12H25N.2C10H21N.C10H23N.C9H19N.C9H21N/c1-4-6-13-8-10-14(11-9-13)7-5-12(2)3;1-11(2)5-8-13-9-6-12(3,4)7-10-13;1-9(2)4-6-11-7-5-10(3)8-11;1-10(2)6-9-11-7-4-3-5-8-11;1-5-8-11(6-2)9-7-10(3)4;1-8(2)4-5-10-6-9(3)7-10;1-5-7-10(4)8-6-9(2)3/h12H,4-11H2,1-3H3;11H,5-10H2,1-4H3;9-10H,4-8H2,1-3H3;10H,3-9H2,1-2H3;10H,5-9H2,1-4H3;8-9H,4-7H2,1-3H3;9H,5-8H2,1-4H3. The molecule has 0 amide bonds. The molecule has 0 aromatic rings. The van der Waals surface area contributed by atoms with Crippen molar-refractivity contribution < 1.29 is 0 Å². The molecule has 0 N–H and O–H groups in total. The van der Waals surface area contributed by atoms with Crippen LogP contribution in [0.25, 0.3) is 0 Å². The predicted octanol–water partition coefficient (Wildman–Crippen LogP) is 17.2. The molecule has 80 heavy (non-hydrogen) atoms. The van der Waals surface area contributed by atoms with Crippen LogP contribution in [0.5, 0.6) is 0 Å². The Hall–Kier alpha value is -0.320. The van der Waals surface area contributed by atoms with Crippen molar-refractivity contribution in [3.8, 4) is 0 Å². The number of rotatable bonds is 28. The van der Waals surface area contributed by atoms with Crippen LogP contribution >= 0.6 is 0 Å². The molecule has 1 atom stereocenters. The second-order valence-corrected chi connectivity index (χ2v) is 30.2. The molecule has 5 heterocycles. The van der Waals surface area contributed by atoms with Crippen LogP contribution in [0.4, 0.5) is 0 Å². The van der Waals surface area contributed by atoms with Crippen molar-refractivity contribution in [3.63, 3.8) is 0 Å². The van der Waals surface area contributed by atoms with Crippen molar-refractivity contribution in [3.05, 3.63) is 0 Å². The quantitative estimate of drug-likeness (QED) is 0.0765. The van der Waals surface area contributed by atoms with Crippen LogP contribution in [-0.2, 0) is 0 Å². The molecular formula is C72H156N8. The van der Waals surface area contributed by atoms with Crippen molar-refractivity contribution in [2.75, 3.05) is 158 Å². The van der Waals surface area contributed by atoms with Crippen molar-refractivity contribution in [2.24, 2.45) is 58.7 Å². The highest BCUT2D eigenvalue weighted by Gasteiger charge is 2.25. The summed E-state index contributed by atoms with van der Waals surface area (Å²) in [4.78, 5) is 20.5. The van der Waals surface area contributed by atoms with Crippen molar-refractivity contribution in [1.29, 1.82) is 0 Å². The minimum Gasteiger partial charge on any atom is -0.306 e. The van der Waals surface area contributed by atoms with Gasteiger partial charge in [0.2, 0.25) is 0 Å². The SMILES string of the molecule is CC(C)CCN1CC(C)C1.CC(C)CCN1CCC(C)(C)CC1.CC(C)CCN1CCC(C)C1.CC(C)CCN1CCCCC1.CCCN(C)CCC(C)C.CCCN(CC)CCC(C)C.CCCN1CCN(CCC(C)C)CC1. The fourth-order valence-electron chi connectivity index (χ4n) is 10.7. The maximum absolute atomic E-state index is 2.63. The van der Waals surface area contributed by atoms with E-state index in [4.69, 9.17) is 0 Å². The Morgan fingerprint density at radius 3 is 1.09 bits per heavy atom. The molecule has 0 aliphatic carbocycles. The van der Waals surface area contributed by atoms with Gasteiger partial charge in [0.1, 0.15) is 0 Å². The van der Waals surface area contributed by atoms with E-state index in [1.165, 1.54) is 253 Å². The summed E-state index contributed by atoms with van der Waals surface area (Å²) in [5.74, 6) is 7.92. The number of nitrogens with zero attached hydrogens (tertiary/aromatic N) is 8. The van der Waals surface area contributed by atoms with Crippen LogP contribution in [0.1, 0.15) is 255 Å². The molecule has 5 fully saturated rings. The summed E-state index contributed by atoms with van der Waals surface area (Å²) in [6.45, 7) is 80.7. The van der Waals surface area contributed by atoms with E-state index in [0.717, 1.165) is 53.3 Å². The van der Waals surface area contributed by atoms with Crippen LogP contribution in [0.15, 0.2) is 0 Å². The highest BCUT2D eigenvalue weighted by molar-refractivity contribution is 4.79. The Bertz CT molecular complexity index is 1210. The third-order valence-corrected chi connectivity index (χ3v) is 17.1. The minimum atomic E-state index is 0.605. The van der Waals surface area contributed by atoms with Gasteiger partial charge in [0.15, 0.2) is 0 Å². The van der Waals surface area contributed by atoms with Crippen LogP contribution in [0.3, 0.4) is 0 Å². The zero-order chi connectivity index (χ0) is 60.9. The average molecular weight is 1130 g/mol. The van der Waals surface area contributed by atoms with Gasteiger partial charge in [-0.2, -0.15) is 0 Å². The van der Waals surface area contributed by atoms with Crippen molar-refractivity contribution in [2.45, 2.75) is 255 Å². The molecule has 0 aromatic carbocycles. The molecule has 0 bridgehead atoms. The Morgan fingerprint density at radius 1 is 0.362 bits per heavy atom. The molecule has 0 aromatic heterocycles. The Morgan fingerprint density at radius 2 is 0.725 bits per heavy atom. The van der Waals surface area contributed by atoms with Crippen LogP contribution in [-0.4, -0.2) is 197 Å². The summed E-state index contributed by atoms with van der Waals surface area (Å²) < 4.78 is 0. The summed E-state index contributed by atoms with van der Waals surface area (Å²) in [5.41, 5.74) is 0.605. The molecule has 1 unspecified atom stereocenters. The van der Waals surface area contributed by atoms with E-state index in [1.807, 2.05) is 0 Å². The normalized spacial score (nSPS) is 19.7. The van der Waals surface area contributed by atoms with E-state index < -0.39 is 0 Å². The van der Waals surface area contributed by atoms with Gasteiger partial charge in [-0.25, -0.2) is 0 Å². The first-order valence-corrected chi connectivity index (χ1v) is 35.5. The lowest BCUT2D eigenvalue weighted by atomic mass is 9.82. The van der Waals surface area contributed by atoms with Crippen LogP contribution in [0, 0.1) is 58.7 Å². The van der Waals surface area contributed by atoms with E-state index in [0.29, 0.717) is 5.41 Å². The number of piperazine rings is 1. The molecule has 8 heteroatoms. The van der Waals surface area contributed by atoms with E-state index in [-0.39, 0.29) is 0 Å². The van der Waals surface area contributed by atoms with Gasteiger partial charge in [0.25, 0.3) is 0 Å². The smallest absolute Gasteiger partial charge is 0.0110 e. The first-order valence-electron chi connectivity index (χ1n) is 35.5. The third-order valence-electron chi connectivity index (χ3n) is 17.1. The molecule has 8 nitrogen and oxygen atoms in total. The maximum atomic E-state index is 2.63. The van der Waals surface area contributed by atoms with Crippen LogP contribution in [0.2, 0.25) is 0 Å². The Labute approximate surface area is 508 Å². The fraction of sp³-hybridized carbons (Fsp3) is 1.00. The Balaban J connectivity index is 0. The molecular weight excluding hydrogens is 977 g/mol. The second-order valence-electron chi connectivity index (χ2n) is 30.2. The Kier molecular flexibility index (Phi) is 53.0. The first kappa shape index (κ1) is 81.7. The van der Waals surface area contributed by atoms with Crippen LogP contribution < -0.4 is 0 Å². The summed E-state index contributed by atoms with van der Waals surface area (Å²) in [6.07, 6.45) is 21.8. The highest BCUT2D eigenvalue weighted by atomic mass is 15.3. The zero-order valence-electron chi connectivity index (χ0n) is 59.9. The average Bonchev–Trinajstić information content (AvgIpc) is 3.82. The minimum absolute atomic E-state index is 0.605. The second kappa shape index (κ2) is 51.9. The van der Waals surface area contributed by atoms with Gasteiger partial charge in [-0.1, -0.05) is 159 Å². The molecule has 5 aliphatic heterocycles. The largest absolute Gasteiger partial charge is 0.306 e. The predicted molar refractivity (Wildman–Crippen MR) is 365 cm³/mol. The van der Waals surface area contributed by atoms with Crippen molar-refractivity contribution >= 4 is 0 Å². The fourth-order valence-corrected chi connectivity index (χ4v) is 10.7. The summed E-state index contributed by atoms with van der Waals surface area (Å²) in [5, 5.41) is 0.